The predicted octanol–water partition coefficient (Wildman–Crippen LogP) is 1.98. The molecule has 0 aromatic rings. The highest BCUT2D eigenvalue weighted by Crippen LogP contribution is 2.47. The molecule has 0 amide bonds. The monoisotopic (exact) mass is 210 g/mol. The maximum Gasteiger partial charge on any atom is 0.00750 e. The molecule has 0 aromatic carbocycles. The van der Waals surface area contributed by atoms with Crippen LogP contribution in [0.3, 0.4) is 0 Å². The third-order valence-electron chi connectivity index (χ3n) is 4.99. The van der Waals surface area contributed by atoms with Crippen LogP contribution in [0, 0.1) is 29.6 Å². The van der Waals surface area contributed by atoms with Gasteiger partial charge in [0.15, 0.2) is 0 Å². The predicted molar refractivity (Wildman–Crippen MR) is 64.3 cm³/mol. The minimum Gasteiger partial charge on any atom is -0.327 e. The summed E-state index contributed by atoms with van der Waals surface area (Å²) in [7, 11) is 0. The SMILES string of the molecule is CC1C[C@@H](N)C(C)C2C[C@@H](C)CC(N)C12. The first-order valence-electron chi connectivity index (χ1n) is 6.51. The summed E-state index contributed by atoms with van der Waals surface area (Å²) in [5.41, 5.74) is 12.6. The Morgan fingerprint density at radius 1 is 0.867 bits per heavy atom. The van der Waals surface area contributed by atoms with Gasteiger partial charge in [0.25, 0.3) is 0 Å². The molecule has 7 atom stereocenters. The van der Waals surface area contributed by atoms with Gasteiger partial charge in [-0.25, -0.2) is 0 Å². The molecule has 0 radical (unpaired) electrons. The van der Waals surface area contributed by atoms with Crippen molar-refractivity contribution in [2.45, 2.75) is 52.1 Å². The fourth-order valence-corrected chi connectivity index (χ4v) is 4.18. The number of fused-ring (bicyclic) bond motifs is 1. The molecule has 2 fully saturated rings. The first kappa shape index (κ1) is 11.4. The number of hydrogen-bond acceptors (Lipinski definition) is 2. The molecule has 0 heterocycles. The summed E-state index contributed by atoms with van der Waals surface area (Å²) in [5.74, 6) is 3.70. The summed E-state index contributed by atoms with van der Waals surface area (Å²) in [6, 6.07) is 0.822. The van der Waals surface area contributed by atoms with Gasteiger partial charge < -0.3 is 11.5 Å². The van der Waals surface area contributed by atoms with Gasteiger partial charge >= 0.3 is 0 Å². The molecule has 2 rings (SSSR count). The van der Waals surface area contributed by atoms with Gasteiger partial charge in [-0.05, 0) is 48.9 Å². The van der Waals surface area contributed by atoms with Crippen LogP contribution in [-0.2, 0) is 0 Å². The van der Waals surface area contributed by atoms with Crippen LogP contribution < -0.4 is 11.5 Å². The highest BCUT2D eigenvalue weighted by atomic mass is 14.7. The van der Waals surface area contributed by atoms with E-state index in [4.69, 9.17) is 11.5 Å². The third kappa shape index (κ3) is 1.94. The van der Waals surface area contributed by atoms with E-state index in [-0.39, 0.29) is 0 Å². The molecule has 5 unspecified atom stereocenters. The Bertz CT molecular complexity index is 225. The quantitative estimate of drug-likeness (QED) is 0.642. The summed E-state index contributed by atoms with van der Waals surface area (Å²) < 4.78 is 0. The highest BCUT2D eigenvalue weighted by molar-refractivity contribution is 4.98. The molecule has 0 saturated heterocycles. The lowest BCUT2D eigenvalue weighted by molar-refractivity contribution is 0.0182. The van der Waals surface area contributed by atoms with Gasteiger partial charge in [-0.1, -0.05) is 20.8 Å². The van der Waals surface area contributed by atoms with Gasteiger partial charge in [0.2, 0.25) is 0 Å². The van der Waals surface area contributed by atoms with Crippen molar-refractivity contribution in [1.29, 1.82) is 0 Å². The zero-order chi connectivity index (χ0) is 11.2. The van der Waals surface area contributed by atoms with Crippen LogP contribution in [0.2, 0.25) is 0 Å². The van der Waals surface area contributed by atoms with Crippen molar-refractivity contribution in [3.05, 3.63) is 0 Å². The summed E-state index contributed by atoms with van der Waals surface area (Å²) >= 11 is 0. The number of nitrogens with two attached hydrogens (primary N) is 2. The average Bonchev–Trinajstić information content (AvgIpc) is 2.12. The Labute approximate surface area is 93.8 Å². The molecule has 15 heavy (non-hydrogen) atoms. The first-order valence-corrected chi connectivity index (χ1v) is 6.51. The molecule has 0 bridgehead atoms. The Hall–Kier alpha value is -0.0800. The van der Waals surface area contributed by atoms with E-state index in [0.29, 0.717) is 18.0 Å². The van der Waals surface area contributed by atoms with Crippen LogP contribution in [0.1, 0.15) is 40.0 Å². The second-order valence-corrected chi connectivity index (χ2v) is 6.22. The van der Waals surface area contributed by atoms with Gasteiger partial charge in [-0.15, -0.1) is 0 Å². The van der Waals surface area contributed by atoms with Gasteiger partial charge in [-0.2, -0.15) is 0 Å². The third-order valence-corrected chi connectivity index (χ3v) is 4.99. The number of hydrogen-bond donors (Lipinski definition) is 2. The fourth-order valence-electron chi connectivity index (χ4n) is 4.18. The first-order chi connectivity index (χ1) is 7.00. The van der Waals surface area contributed by atoms with Crippen LogP contribution in [0.25, 0.3) is 0 Å². The normalized spacial score (nSPS) is 56.2. The molecule has 0 spiro atoms. The van der Waals surface area contributed by atoms with E-state index in [2.05, 4.69) is 20.8 Å². The molecular formula is C13H26N2. The van der Waals surface area contributed by atoms with Crippen LogP contribution in [0.5, 0.6) is 0 Å². The molecule has 0 aromatic heterocycles. The van der Waals surface area contributed by atoms with Crippen molar-refractivity contribution in [3.8, 4) is 0 Å². The van der Waals surface area contributed by atoms with E-state index in [1.165, 1.54) is 19.3 Å². The molecule has 2 aliphatic carbocycles. The van der Waals surface area contributed by atoms with Gasteiger partial charge in [0.05, 0.1) is 0 Å². The minimum absolute atomic E-state index is 0.402. The van der Waals surface area contributed by atoms with Crippen LogP contribution in [0.15, 0.2) is 0 Å². The standard InChI is InChI=1S/C13H26N2/c1-7-4-10-9(3)11(14)6-8(2)13(10)12(15)5-7/h7-13H,4-6,14-15H2,1-3H3/t7-,8?,9?,10?,11-,12?,13?/m1/s1. The molecule has 0 aliphatic heterocycles. The van der Waals surface area contributed by atoms with Crippen molar-refractivity contribution in [3.63, 3.8) is 0 Å². The zero-order valence-corrected chi connectivity index (χ0v) is 10.3. The van der Waals surface area contributed by atoms with E-state index in [1.807, 2.05) is 0 Å². The van der Waals surface area contributed by atoms with E-state index >= 15 is 0 Å². The Morgan fingerprint density at radius 2 is 1.53 bits per heavy atom. The second kappa shape index (κ2) is 4.06. The molecule has 2 nitrogen and oxygen atoms in total. The highest BCUT2D eigenvalue weighted by Gasteiger charge is 2.45. The summed E-state index contributed by atoms with van der Waals surface area (Å²) in [5, 5.41) is 0. The molecule has 4 N–H and O–H groups in total. The van der Waals surface area contributed by atoms with Crippen molar-refractivity contribution < 1.29 is 0 Å². The minimum atomic E-state index is 0.402. The molecule has 2 saturated carbocycles. The maximum atomic E-state index is 6.34. The van der Waals surface area contributed by atoms with Gasteiger partial charge in [-0.3, -0.25) is 0 Å². The molecule has 2 aliphatic rings. The topological polar surface area (TPSA) is 52.0 Å². The van der Waals surface area contributed by atoms with Crippen molar-refractivity contribution in [2.24, 2.45) is 41.1 Å². The molecule has 2 heteroatoms. The van der Waals surface area contributed by atoms with E-state index in [1.54, 1.807) is 0 Å². The zero-order valence-electron chi connectivity index (χ0n) is 10.3. The average molecular weight is 210 g/mol. The number of rotatable bonds is 0. The summed E-state index contributed by atoms with van der Waals surface area (Å²) in [4.78, 5) is 0. The lowest BCUT2D eigenvalue weighted by atomic mass is 9.57. The Kier molecular flexibility index (Phi) is 3.09. The van der Waals surface area contributed by atoms with E-state index < -0.39 is 0 Å². The smallest absolute Gasteiger partial charge is 0.00750 e. The lowest BCUT2D eigenvalue weighted by Crippen LogP contribution is -2.54. The van der Waals surface area contributed by atoms with Crippen molar-refractivity contribution in [1.82, 2.24) is 0 Å². The van der Waals surface area contributed by atoms with Gasteiger partial charge in [0.1, 0.15) is 0 Å². The van der Waals surface area contributed by atoms with Crippen LogP contribution in [-0.4, -0.2) is 12.1 Å². The largest absolute Gasteiger partial charge is 0.327 e. The van der Waals surface area contributed by atoms with Crippen LogP contribution in [0.4, 0.5) is 0 Å². The van der Waals surface area contributed by atoms with Crippen molar-refractivity contribution >= 4 is 0 Å². The molecular weight excluding hydrogens is 184 g/mol. The summed E-state index contributed by atoms with van der Waals surface area (Å²) in [6.45, 7) is 7.02. The van der Waals surface area contributed by atoms with E-state index in [9.17, 15) is 0 Å². The summed E-state index contributed by atoms with van der Waals surface area (Å²) in [6.07, 6.45) is 3.73. The van der Waals surface area contributed by atoms with Crippen molar-refractivity contribution in [2.75, 3.05) is 0 Å². The molecule has 88 valence electrons. The maximum absolute atomic E-state index is 6.34. The lowest BCUT2D eigenvalue weighted by Gasteiger charge is -2.51. The second-order valence-electron chi connectivity index (χ2n) is 6.22. The van der Waals surface area contributed by atoms with Gasteiger partial charge in [0, 0.05) is 12.1 Å². The van der Waals surface area contributed by atoms with E-state index in [0.717, 1.165) is 23.7 Å². The Morgan fingerprint density at radius 3 is 2.20 bits per heavy atom. The van der Waals surface area contributed by atoms with Crippen LogP contribution >= 0.6 is 0 Å². The Balaban J connectivity index is 2.18. The fraction of sp³-hybridized carbons (Fsp3) is 1.00.